The third-order valence-electron chi connectivity index (χ3n) is 4.39. The maximum absolute atomic E-state index is 12.5. The Morgan fingerprint density at radius 3 is 2.65 bits per heavy atom. The van der Waals surface area contributed by atoms with Crippen LogP contribution < -0.4 is 5.32 Å². The van der Waals surface area contributed by atoms with Gasteiger partial charge in [0.25, 0.3) is 0 Å². The number of piperazine rings is 1. The van der Waals surface area contributed by atoms with E-state index in [1.165, 1.54) is 0 Å². The van der Waals surface area contributed by atoms with E-state index in [0.717, 1.165) is 70.1 Å². The van der Waals surface area contributed by atoms with Crippen LogP contribution in [0.5, 0.6) is 0 Å². The summed E-state index contributed by atoms with van der Waals surface area (Å²) in [6.45, 7) is 8.07. The molecule has 1 aromatic heterocycles. The molecule has 0 aliphatic carbocycles. The number of carbonyl (C=O) groups excluding carboxylic acids is 1. The molecule has 3 rings (SSSR count). The third kappa shape index (κ3) is 5.35. The number of hydrogen-bond acceptors (Lipinski definition) is 5. The van der Waals surface area contributed by atoms with Gasteiger partial charge in [0.2, 0.25) is 5.91 Å². The SMILES string of the molecule is Cc1cc(CN2CCN(C(=O)C3CCCNC3)CC2)on1.Cl.Cl. The molecule has 132 valence electrons. The predicted molar refractivity (Wildman–Crippen MR) is 93.2 cm³/mol. The van der Waals surface area contributed by atoms with Gasteiger partial charge in [0.05, 0.1) is 18.2 Å². The molecule has 2 saturated heterocycles. The number of aryl methyl sites for hydroxylation is 1. The first kappa shape index (κ1) is 20.2. The molecule has 23 heavy (non-hydrogen) atoms. The van der Waals surface area contributed by atoms with E-state index in [9.17, 15) is 4.79 Å². The maximum atomic E-state index is 12.5. The summed E-state index contributed by atoms with van der Waals surface area (Å²) in [5, 5.41) is 7.23. The second kappa shape index (κ2) is 9.47. The van der Waals surface area contributed by atoms with Gasteiger partial charge < -0.3 is 14.7 Å². The van der Waals surface area contributed by atoms with Gasteiger partial charge in [0, 0.05) is 38.8 Å². The van der Waals surface area contributed by atoms with Crippen LogP contribution in [0.2, 0.25) is 0 Å². The summed E-state index contributed by atoms with van der Waals surface area (Å²) in [6.07, 6.45) is 2.14. The van der Waals surface area contributed by atoms with Crippen LogP contribution in [0.3, 0.4) is 0 Å². The number of rotatable bonds is 3. The van der Waals surface area contributed by atoms with E-state index in [4.69, 9.17) is 4.52 Å². The smallest absolute Gasteiger partial charge is 0.227 e. The summed E-state index contributed by atoms with van der Waals surface area (Å²) in [5.41, 5.74) is 0.920. The summed E-state index contributed by atoms with van der Waals surface area (Å²) in [4.78, 5) is 16.8. The van der Waals surface area contributed by atoms with Crippen LogP contribution >= 0.6 is 24.8 Å². The molecule has 0 spiro atoms. The highest BCUT2D eigenvalue weighted by Crippen LogP contribution is 2.16. The first-order valence-electron chi connectivity index (χ1n) is 7.86. The summed E-state index contributed by atoms with van der Waals surface area (Å²) in [5.74, 6) is 1.42. The molecule has 2 aliphatic heterocycles. The average molecular weight is 365 g/mol. The zero-order valence-electron chi connectivity index (χ0n) is 13.5. The largest absolute Gasteiger partial charge is 0.360 e. The van der Waals surface area contributed by atoms with Crippen molar-refractivity contribution in [2.45, 2.75) is 26.3 Å². The van der Waals surface area contributed by atoms with E-state index in [1.807, 2.05) is 17.9 Å². The van der Waals surface area contributed by atoms with E-state index < -0.39 is 0 Å². The lowest BCUT2D eigenvalue weighted by molar-refractivity contribution is -0.137. The number of halogens is 2. The van der Waals surface area contributed by atoms with Crippen molar-refractivity contribution in [1.29, 1.82) is 0 Å². The van der Waals surface area contributed by atoms with Gasteiger partial charge in [-0.05, 0) is 26.3 Å². The van der Waals surface area contributed by atoms with E-state index >= 15 is 0 Å². The molecule has 0 radical (unpaired) electrons. The van der Waals surface area contributed by atoms with Crippen LogP contribution in [-0.2, 0) is 11.3 Å². The Kier molecular flexibility index (Phi) is 8.33. The zero-order valence-corrected chi connectivity index (χ0v) is 15.1. The molecular weight excluding hydrogens is 339 g/mol. The number of amides is 1. The molecule has 6 nitrogen and oxygen atoms in total. The molecular formula is C15H26Cl2N4O2. The molecule has 8 heteroatoms. The fraction of sp³-hybridized carbons (Fsp3) is 0.733. The lowest BCUT2D eigenvalue weighted by Crippen LogP contribution is -2.51. The molecule has 2 aliphatic rings. The number of nitrogens with one attached hydrogen (secondary N) is 1. The number of piperidine rings is 1. The summed E-state index contributed by atoms with van der Waals surface area (Å²) < 4.78 is 5.26. The first-order valence-corrected chi connectivity index (χ1v) is 7.86. The molecule has 0 saturated carbocycles. The fourth-order valence-electron chi connectivity index (χ4n) is 3.16. The molecule has 1 unspecified atom stereocenters. The first-order chi connectivity index (χ1) is 10.2. The summed E-state index contributed by atoms with van der Waals surface area (Å²) in [6, 6.07) is 1.98. The summed E-state index contributed by atoms with van der Waals surface area (Å²) >= 11 is 0. The average Bonchev–Trinajstić information content (AvgIpc) is 2.93. The Morgan fingerprint density at radius 2 is 2.09 bits per heavy atom. The highest BCUT2D eigenvalue weighted by atomic mass is 35.5. The van der Waals surface area contributed by atoms with Gasteiger partial charge >= 0.3 is 0 Å². The van der Waals surface area contributed by atoms with E-state index in [-0.39, 0.29) is 30.7 Å². The second-order valence-corrected chi connectivity index (χ2v) is 6.08. The van der Waals surface area contributed by atoms with Crippen LogP contribution in [0.15, 0.2) is 10.6 Å². The minimum atomic E-state index is 0. The minimum absolute atomic E-state index is 0. The molecule has 2 fully saturated rings. The standard InChI is InChI=1S/C15H24N4O2.2ClH/c1-12-9-14(21-17-12)11-18-5-7-19(8-6-18)15(20)13-3-2-4-16-10-13;;/h9,13,16H,2-8,10-11H2,1H3;2*1H. The van der Waals surface area contributed by atoms with Crippen molar-refractivity contribution >= 4 is 30.7 Å². The van der Waals surface area contributed by atoms with Gasteiger partial charge in [0.15, 0.2) is 5.76 Å². The van der Waals surface area contributed by atoms with Gasteiger partial charge in [-0.15, -0.1) is 24.8 Å². The number of nitrogens with zero attached hydrogens (tertiary/aromatic N) is 3. The lowest BCUT2D eigenvalue weighted by Gasteiger charge is -2.36. The van der Waals surface area contributed by atoms with Crippen molar-refractivity contribution in [3.8, 4) is 0 Å². The van der Waals surface area contributed by atoms with Crippen molar-refractivity contribution in [1.82, 2.24) is 20.3 Å². The zero-order chi connectivity index (χ0) is 14.7. The number of aromatic nitrogens is 1. The van der Waals surface area contributed by atoms with Gasteiger partial charge in [-0.3, -0.25) is 9.69 Å². The van der Waals surface area contributed by atoms with Gasteiger partial charge in [-0.25, -0.2) is 0 Å². The Morgan fingerprint density at radius 1 is 1.35 bits per heavy atom. The van der Waals surface area contributed by atoms with Crippen molar-refractivity contribution in [3.63, 3.8) is 0 Å². The van der Waals surface area contributed by atoms with Gasteiger partial charge in [-0.1, -0.05) is 5.16 Å². The van der Waals surface area contributed by atoms with Crippen molar-refractivity contribution in [2.75, 3.05) is 39.3 Å². The highest BCUT2D eigenvalue weighted by molar-refractivity contribution is 5.85. The van der Waals surface area contributed by atoms with E-state index in [2.05, 4.69) is 15.4 Å². The second-order valence-electron chi connectivity index (χ2n) is 6.08. The minimum Gasteiger partial charge on any atom is -0.360 e. The summed E-state index contributed by atoms with van der Waals surface area (Å²) in [7, 11) is 0. The van der Waals surface area contributed by atoms with Crippen molar-refractivity contribution < 1.29 is 9.32 Å². The molecule has 1 N–H and O–H groups in total. The van der Waals surface area contributed by atoms with Crippen LogP contribution in [0.1, 0.15) is 24.3 Å². The maximum Gasteiger partial charge on any atom is 0.227 e. The predicted octanol–water partition coefficient (Wildman–Crippen LogP) is 1.47. The molecule has 0 aromatic carbocycles. The molecule has 3 heterocycles. The molecule has 1 amide bonds. The van der Waals surface area contributed by atoms with Crippen molar-refractivity contribution in [2.24, 2.45) is 5.92 Å². The molecule has 1 atom stereocenters. The fourth-order valence-corrected chi connectivity index (χ4v) is 3.16. The topological polar surface area (TPSA) is 61.6 Å². The Bertz CT molecular complexity index is 484. The quantitative estimate of drug-likeness (QED) is 0.879. The number of hydrogen-bond donors (Lipinski definition) is 1. The third-order valence-corrected chi connectivity index (χ3v) is 4.39. The van der Waals surface area contributed by atoms with Gasteiger partial charge in [0.1, 0.15) is 0 Å². The van der Waals surface area contributed by atoms with Gasteiger partial charge in [-0.2, -0.15) is 0 Å². The Hall–Kier alpha value is -0.820. The van der Waals surface area contributed by atoms with Crippen LogP contribution in [0.4, 0.5) is 0 Å². The van der Waals surface area contributed by atoms with Crippen molar-refractivity contribution in [3.05, 3.63) is 17.5 Å². The van der Waals surface area contributed by atoms with Crippen LogP contribution in [-0.4, -0.2) is 60.1 Å². The van der Waals surface area contributed by atoms with Crippen LogP contribution in [0.25, 0.3) is 0 Å². The monoisotopic (exact) mass is 364 g/mol. The van der Waals surface area contributed by atoms with E-state index in [1.54, 1.807) is 0 Å². The van der Waals surface area contributed by atoms with E-state index in [0.29, 0.717) is 5.91 Å². The number of carbonyl (C=O) groups is 1. The molecule has 0 bridgehead atoms. The Labute approximate surface area is 149 Å². The Balaban J connectivity index is 0.00000132. The molecule has 1 aromatic rings. The highest BCUT2D eigenvalue weighted by Gasteiger charge is 2.28. The normalized spacial score (nSPS) is 22.1. The van der Waals surface area contributed by atoms with Crippen LogP contribution in [0, 0.1) is 12.8 Å². The lowest BCUT2D eigenvalue weighted by atomic mass is 9.98.